The van der Waals surface area contributed by atoms with Gasteiger partial charge in [0.15, 0.2) is 0 Å². The van der Waals surface area contributed by atoms with Gasteiger partial charge < -0.3 is 12.4 Å². The Hall–Kier alpha value is -1.84. The average Bonchev–Trinajstić information content (AvgIpc) is 2.84. The second-order valence-electron chi connectivity index (χ2n) is 5.09. The van der Waals surface area contributed by atoms with Gasteiger partial charge in [0.2, 0.25) is 0 Å². The third-order valence-corrected chi connectivity index (χ3v) is 4.18. The molecule has 0 N–H and O–H groups in total. The summed E-state index contributed by atoms with van der Waals surface area (Å²) >= 11 is 6.03. The molecule has 0 bridgehead atoms. The van der Waals surface area contributed by atoms with E-state index in [9.17, 15) is 4.79 Å². The molecule has 3 aromatic rings. The van der Waals surface area contributed by atoms with Gasteiger partial charge in [-0.3, -0.25) is 0 Å². The van der Waals surface area contributed by atoms with Crippen molar-refractivity contribution in [2.24, 2.45) is 7.05 Å². The third kappa shape index (κ3) is 1.88. The molecule has 1 aliphatic heterocycles. The van der Waals surface area contributed by atoms with E-state index in [2.05, 4.69) is 16.7 Å². The predicted molar refractivity (Wildman–Crippen MR) is 78.9 cm³/mol. The highest BCUT2D eigenvalue weighted by atomic mass is 35.5. The number of hydrogen-bond donors (Lipinski definition) is 0. The van der Waals surface area contributed by atoms with E-state index in [1.165, 1.54) is 5.56 Å². The Labute approximate surface area is 132 Å². The van der Waals surface area contributed by atoms with Crippen molar-refractivity contribution >= 4 is 22.5 Å². The monoisotopic (exact) mass is 318 g/mol. The van der Waals surface area contributed by atoms with Crippen molar-refractivity contribution in [3.63, 3.8) is 0 Å². The standard InChI is InChI=1S/C16H12ClN2O.ClH/c1-18-15-12-5-3-2-4-10(12)9-19(15)14-7-6-11(17)8-13(14)16(18)20;/h2-8H,9H2,1H3;1H/q+1;/p-1. The zero-order valence-corrected chi connectivity index (χ0v) is 12.8. The summed E-state index contributed by atoms with van der Waals surface area (Å²) < 4.78 is 3.89. The summed E-state index contributed by atoms with van der Waals surface area (Å²) in [5, 5.41) is 1.25. The van der Waals surface area contributed by atoms with E-state index in [1.807, 2.05) is 31.3 Å². The summed E-state index contributed by atoms with van der Waals surface area (Å²) in [6, 6.07) is 13.7. The molecule has 0 spiro atoms. The Morgan fingerprint density at radius 1 is 1.19 bits per heavy atom. The number of halogens is 2. The molecule has 106 valence electrons. The molecule has 0 saturated heterocycles. The van der Waals surface area contributed by atoms with Crippen LogP contribution < -0.4 is 22.5 Å². The molecule has 0 saturated carbocycles. The van der Waals surface area contributed by atoms with E-state index in [0.29, 0.717) is 10.4 Å². The molecule has 0 aliphatic carbocycles. The normalized spacial score (nSPS) is 11.9. The highest BCUT2D eigenvalue weighted by Gasteiger charge is 2.30. The van der Waals surface area contributed by atoms with Gasteiger partial charge in [-0.1, -0.05) is 29.8 Å². The van der Waals surface area contributed by atoms with Gasteiger partial charge in [0.05, 0.1) is 12.6 Å². The van der Waals surface area contributed by atoms with E-state index >= 15 is 0 Å². The largest absolute Gasteiger partial charge is 1.00 e. The van der Waals surface area contributed by atoms with Crippen LogP contribution in [0.5, 0.6) is 0 Å². The number of benzene rings is 2. The van der Waals surface area contributed by atoms with Gasteiger partial charge in [-0.15, -0.1) is 0 Å². The molecule has 2 heterocycles. The Kier molecular flexibility index (Phi) is 3.27. The van der Waals surface area contributed by atoms with Gasteiger partial charge in [0.25, 0.3) is 5.82 Å². The zero-order chi connectivity index (χ0) is 13.9. The molecule has 1 aromatic heterocycles. The minimum absolute atomic E-state index is 0. The fraction of sp³-hybridized carbons (Fsp3) is 0.125. The van der Waals surface area contributed by atoms with E-state index in [-0.39, 0.29) is 18.0 Å². The molecular formula is C16H12Cl2N2O. The third-order valence-electron chi connectivity index (χ3n) is 3.94. The summed E-state index contributed by atoms with van der Waals surface area (Å²) in [6.07, 6.45) is 0. The number of aromatic nitrogens is 2. The van der Waals surface area contributed by atoms with Crippen LogP contribution in [0.2, 0.25) is 5.02 Å². The van der Waals surface area contributed by atoms with Gasteiger partial charge in [-0.25, -0.2) is 9.36 Å². The lowest BCUT2D eigenvalue weighted by Gasteiger charge is -2.05. The quantitative estimate of drug-likeness (QED) is 0.402. The van der Waals surface area contributed by atoms with Crippen LogP contribution in [-0.2, 0) is 13.6 Å². The maximum Gasteiger partial charge on any atom is 0.345 e. The SMILES string of the molecule is Cn1c2[n+](c3ccc(Cl)cc3c1=O)Cc1ccccc1-2.[Cl-]. The van der Waals surface area contributed by atoms with Crippen molar-refractivity contribution in [1.29, 1.82) is 0 Å². The van der Waals surface area contributed by atoms with E-state index in [4.69, 9.17) is 11.6 Å². The zero-order valence-electron chi connectivity index (χ0n) is 11.3. The van der Waals surface area contributed by atoms with Crippen molar-refractivity contribution in [3.8, 4) is 11.4 Å². The van der Waals surface area contributed by atoms with Crippen LogP contribution in [0.25, 0.3) is 22.3 Å². The van der Waals surface area contributed by atoms with E-state index in [0.717, 1.165) is 23.4 Å². The summed E-state index contributed by atoms with van der Waals surface area (Å²) in [6.45, 7) is 0.789. The molecule has 5 heteroatoms. The Bertz CT molecular complexity index is 931. The lowest BCUT2D eigenvalue weighted by molar-refractivity contribution is -0.649. The molecule has 3 nitrogen and oxygen atoms in total. The molecule has 0 radical (unpaired) electrons. The smallest absolute Gasteiger partial charge is 0.345 e. The fourth-order valence-corrected chi connectivity index (χ4v) is 3.19. The van der Waals surface area contributed by atoms with Crippen molar-refractivity contribution < 1.29 is 17.0 Å². The number of hydrogen-bond acceptors (Lipinski definition) is 1. The van der Waals surface area contributed by atoms with Gasteiger partial charge in [-0.2, -0.15) is 4.57 Å². The molecular weight excluding hydrogens is 307 g/mol. The lowest BCUT2D eigenvalue weighted by atomic mass is 10.1. The molecule has 0 fully saturated rings. The molecule has 0 atom stereocenters. The maximum atomic E-state index is 12.5. The van der Waals surface area contributed by atoms with Crippen LogP contribution in [0.3, 0.4) is 0 Å². The minimum atomic E-state index is -0.00884. The molecule has 2 aromatic carbocycles. The summed E-state index contributed by atoms with van der Waals surface area (Å²) in [7, 11) is 1.82. The second kappa shape index (κ2) is 4.86. The van der Waals surface area contributed by atoms with Crippen LogP contribution in [-0.4, -0.2) is 4.57 Å². The van der Waals surface area contributed by atoms with E-state index < -0.39 is 0 Å². The number of rotatable bonds is 0. The van der Waals surface area contributed by atoms with Crippen molar-refractivity contribution in [2.45, 2.75) is 6.54 Å². The first kappa shape index (κ1) is 14.1. The minimum Gasteiger partial charge on any atom is -1.00 e. The second-order valence-corrected chi connectivity index (χ2v) is 5.53. The Balaban J connectivity index is 0.00000132. The lowest BCUT2D eigenvalue weighted by Crippen LogP contribution is -3.00. The first-order chi connectivity index (χ1) is 9.66. The van der Waals surface area contributed by atoms with Gasteiger partial charge in [-0.05, 0) is 24.3 Å². The first-order valence-corrected chi connectivity index (χ1v) is 6.85. The van der Waals surface area contributed by atoms with E-state index in [1.54, 1.807) is 10.6 Å². The average molecular weight is 319 g/mol. The Morgan fingerprint density at radius 3 is 2.76 bits per heavy atom. The molecule has 0 unspecified atom stereocenters. The van der Waals surface area contributed by atoms with Crippen LogP contribution >= 0.6 is 11.6 Å². The van der Waals surface area contributed by atoms with Crippen molar-refractivity contribution in [3.05, 3.63) is 63.4 Å². The van der Waals surface area contributed by atoms with Gasteiger partial charge in [0.1, 0.15) is 17.4 Å². The van der Waals surface area contributed by atoms with Gasteiger partial charge >= 0.3 is 5.56 Å². The Morgan fingerprint density at radius 2 is 1.95 bits per heavy atom. The number of nitrogens with zero attached hydrogens (tertiary/aromatic N) is 2. The summed E-state index contributed by atoms with van der Waals surface area (Å²) in [5.74, 6) is 0.959. The summed E-state index contributed by atoms with van der Waals surface area (Å²) in [5.41, 5.74) is 3.29. The highest BCUT2D eigenvalue weighted by Crippen LogP contribution is 2.27. The van der Waals surface area contributed by atoms with Crippen LogP contribution in [0.4, 0.5) is 0 Å². The molecule has 0 amide bonds. The van der Waals surface area contributed by atoms with Crippen LogP contribution in [0.1, 0.15) is 5.56 Å². The molecule has 4 rings (SSSR count). The molecule has 1 aliphatic rings. The molecule has 21 heavy (non-hydrogen) atoms. The maximum absolute atomic E-state index is 12.5. The fourth-order valence-electron chi connectivity index (χ4n) is 3.02. The van der Waals surface area contributed by atoms with Crippen molar-refractivity contribution in [2.75, 3.05) is 0 Å². The topological polar surface area (TPSA) is 25.9 Å². The summed E-state index contributed by atoms with van der Waals surface area (Å²) in [4.78, 5) is 12.5. The first-order valence-electron chi connectivity index (χ1n) is 6.47. The number of fused-ring (bicyclic) bond motifs is 5. The highest BCUT2D eigenvalue weighted by molar-refractivity contribution is 6.31. The van der Waals surface area contributed by atoms with Crippen LogP contribution in [0.15, 0.2) is 47.3 Å². The van der Waals surface area contributed by atoms with Crippen molar-refractivity contribution in [1.82, 2.24) is 4.57 Å². The predicted octanol–water partition coefficient (Wildman–Crippen LogP) is -0.488. The van der Waals surface area contributed by atoms with Gasteiger partial charge in [0, 0.05) is 10.6 Å². The van der Waals surface area contributed by atoms with Crippen LogP contribution in [0, 0.1) is 0 Å².